The lowest BCUT2D eigenvalue weighted by atomic mass is 10.1. The summed E-state index contributed by atoms with van der Waals surface area (Å²) in [6, 6.07) is 19.6. The van der Waals surface area contributed by atoms with Crippen molar-refractivity contribution in [2.24, 2.45) is 0 Å². The SMILES string of the molecule is CN(CCNC(=O)c1ccnc2ccccc12)c1ccccc1. The largest absolute Gasteiger partial charge is 0.373 e. The molecule has 23 heavy (non-hydrogen) atoms. The summed E-state index contributed by atoms with van der Waals surface area (Å²) in [4.78, 5) is 18.8. The fraction of sp³-hybridized carbons (Fsp3) is 0.158. The van der Waals surface area contributed by atoms with Gasteiger partial charge in [0.15, 0.2) is 0 Å². The van der Waals surface area contributed by atoms with E-state index < -0.39 is 0 Å². The van der Waals surface area contributed by atoms with Crippen LogP contribution in [0, 0.1) is 0 Å². The van der Waals surface area contributed by atoms with Crippen LogP contribution in [0.15, 0.2) is 66.9 Å². The molecule has 0 aliphatic carbocycles. The van der Waals surface area contributed by atoms with Gasteiger partial charge in [0.2, 0.25) is 0 Å². The first kappa shape index (κ1) is 15.0. The third kappa shape index (κ3) is 3.48. The van der Waals surface area contributed by atoms with E-state index in [0.29, 0.717) is 12.1 Å². The van der Waals surface area contributed by atoms with E-state index in [0.717, 1.165) is 23.1 Å². The van der Waals surface area contributed by atoms with Crippen molar-refractivity contribution in [1.82, 2.24) is 10.3 Å². The van der Waals surface area contributed by atoms with Crippen LogP contribution in [-0.2, 0) is 0 Å². The highest BCUT2D eigenvalue weighted by atomic mass is 16.1. The summed E-state index contributed by atoms with van der Waals surface area (Å²) in [7, 11) is 2.02. The van der Waals surface area contributed by atoms with Gasteiger partial charge in [0.1, 0.15) is 0 Å². The third-order valence-corrected chi connectivity index (χ3v) is 3.82. The molecular formula is C19H19N3O. The van der Waals surface area contributed by atoms with Crippen LogP contribution in [0.4, 0.5) is 5.69 Å². The van der Waals surface area contributed by atoms with Gasteiger partial charge in [0.25, 0.3) is 5.91 Å². The number of amides is 1. The number of fused-ring (bicyclic) bond motifs is 1. The van der Waals surface area contributed by atoms with Crippen LogP contribution >= 0.6 is 0 Å². The number of nitrogens with one attached hydrogen (secondary N) is 1. The van der Waals surface area contributed by atoms with Crippen LogP contribution in [0.5, 0.6) is 0 Å². The molecule has 2 aromatic carbocycles. The van der Waals surface area contributed by atoms with Gasteiger partial charge in [-0.05, 0) is 24.3 Å². The molecule has 0 aliphatic rings. The first-order valence-corrected chi connectivity index (χ1v) is 7.64. The number of hydrogen-bond acceptors (Lipinski definition) is 3. The monoisotopic (exact) mass is 305 g/mol. The highest BCUT2D eigenvalue weighted by Gasteiger charge is 2.10. The number of benzene rings is 2. The van der Waals surface area contributed by atoms with E-state index in [-0.39, 0.29) is 5.91 Å². The van der Waals surface area contributed by atoms with Crippen LogP contribution in [0.3, 0.4) is 0 Å². The van der Waals surface area contributed by atoms with Crippen LogP contribution in [0.2, 0.25) is 0 Å². The maximum atomic E-state index is 12.4. The summed E-state index contributed by atoms with van der Waals surface area (Å²) in [5.41, 5.74) is 2.63. The summed E-state index contributed by atoms with van der Waals surface area (Å²) in [5, 5.41) is 3.86. The number of aromatic nitrogens is 1. The summed E-state index contributed by atoms with van der Waals surface area (Å²) >= 11 is 0. The minimum Gasteiger partial charge on any atom is -0.373 e. The Bertz CT molecular complexity index is 797. The predicted molar refractivity (Wildman–Crippen MR) is 93.8 cm³/mol. The van der Waals surface area contributed by atoms with E-state index in [9.17, 15) is 4.79 Å². The Morgan fingerprint density at radius 1 is 1.04 bits per heavy atom. The number of nitrogens with zero attached hydrogens (tertiary/aromatic N) is 2. The predicted octanol–water partition coefficient (Wildman–Crippen LogP) is 3.10. The van der Waals surface area contributed by atoms with Gasteiger partial charge in [0.05, 0.1) is 11.1 Å². The van der Waals surface area contributed by atoms with E-state index in [2.05, 4.69) is 27.3 Å². The molecule has 0 aliphatic heterocycles. The Kier molecular flexibility index (Phi) is 4.52. The molecule has 0 atom stereocenters. The molecule has 0 fully saturated rings. The molecule has 0 saturated heterocycles. The minimum absolute atomic E-state index is 0.0648. The zero-order chi connectivity index (χ0) is 16.1. The Hall–Kier alpha value is -2.88. The van der Waals surface area contributed by atoms with Gasteiger partial charge >= 0.3 is 0 Å². The maximum Gasteiger partial charge on any atom is 0.252 e. The Morgan fingerprint density at radius 3 is 2.61 bits per heavy atom. The number of pyridine rings is 1. The second kappa shape index (κ2) is 6.92. The number of anilines is 1. The number of carbonyl (C=O) groups is 1. The molecule has 3 rings (SSSR count). The molecule has 4 heteroatoms. The maximum absolute atomic E-state index is 12.4. The lowest BCUT2D eigenvalue weighted by molar-refractivity contribution is 0.0956. The number of carbonyl (C=O) groups excluding carboxylic acids is 1. The van der Waals surface area contributed by atoms with Gasteiger partial charge in [0, 0.05) is 37.4 Å². The van der Waals surface area contributed by atoms with Crippen LogP contribution < -0.4 is 10.2 Å². The minimum atomic E-state index is -0.0648. The molecule has 1 heterocycles. The topological polar surface area (TPSA) is 45.2 Å². The molecule has 0 saturated carbocycles. The van der Waals surface area contributed by atoms with E-state index in [1.807, 2.05) is 49.5 Å². The standard InChI is InChI=1S/C19H19N3O/c1-22(15-7-3-2-4-8-15)14-13-21-19(23)17-11-12-20-18-10-6-5-9-16(17)18/h2-12H,13-14H2,1H3,(H,21,23). The molecule has 1 aromatic heterocycles. The third-order valence-electron chi connectivity index (χ3n) is 3.82. The van der Waals surface area contributed by atoms with E-state index >= 15 is 0 Å². The second-order valence-electron chi connectivity index (χ2n) is 5.39. The van der Waals surface area contributed by atoms with Crippen molar-refractivity contribution < 1.29 is 4.79 Å². The van der Waals surface area contributed by atoms with Gasteiger partial charge in [-0.15, -0.1) is 0 Å². The molecule has 0 bridgehead atoms. The van der Waals surface area contributed by atoms with Crippen LogP contribution in [0.25, 0.3) is 10.9 Å². The van der Waals surface area contributed by atoms with Crippen molar-refractivity contribution in [2.45, 2.75) is 0 Å². The lowest BCUT2D eigenvalue weighted by Crippen LogP contribution is -2.33. The Morgan fingerprint density at radius 2 is 1.78 bits per heavy atom. The fourth-order valence-corrected chi connectivity index (χ4v) is 2.54. The van der Waals surface area contributed by atoms with Crippen molar-refractivity contribution in [3.63, 3.8) is 0 Å². The molecule has 3 aromatic rings. The average molecular weight is 305 g/mol. The molecular weight excluding hydrogens is 286 g/mol. The summed E-state index contributed by atoms with van der Waals surface area (Å²) in [6.07, 6.45) is 1.67. The number of likely N-dealkylation sites (N-methyl/N-ethyl adjacent to an activating group) is 1. The van der Waals surface area contributed by atoms with E-state index in [4.69, 9.17) is 0 Å². The van der Waals surface area contributed by atoms with E-state index in [1.165, 1.54) is 0 Å². The van der Waals surface area contributed by atoms with Crippen molar-refractivity contribution in [2.75, 3.05) is 25.0 Å². The highest BCUT2D eigenvalue weighted by Crippen LogP contribution is 2.16. The number of para-hydroxylation sites is 2. The summed E-state index contributed by atoms with van der Waals surface area (Å²) in [6.45, 7) is 1.33. The molecule has 0 spiro atoms. The Balaban J connectivity index is 1.63. The van der Waals surface area contributed by atoms with Crippen molar-refractivity contribution in [3.05, 3.63) is 72.4 Å². The zero-order valence-electron chi connectivity index (χ0n) is 13.1. The molecule has 0 unspecified atom stereocenters. The normalized spacial score (nSPS) is 10.5. The quantitative estimate of drug-likeness (QED) is 0.788. The summed E-state index contributed by atoms with van der Waals surface area (Å²) in [5.74, 6) is -0.0648. The molecule has 116 valence electrons. The average Bonchev–Trinajstić information content (AvgIpc) is 2.61. The smallest absolute Gasteiger partial charge is 0.252 e. The zero-order valence-corrected chi connectivity index (χ0v) is 13.1. The van der Waals surface area contributed by atoms with Gasteiger partial charge < -0.3 is 10.2 Å². The van der Waals surface area contributed by atoms with Gasteiger partial charge in [-0.1, -0.05) is 36.4 Å². The second-order valence-corrected chi connectivity index (χ2v) is 5.39. The first-order valence-electron chi connectivity index (χ1n) is 7.64. The van der Waals surface area contributed by atoms with E-state index in [1.54, 1.807) is 12.3 Å². The van der Waals surface area contributed by atoms with Crippen molar-refractivity contribution in [3.8, 4) is 0 Å². The lowest BCUT2D eigenvalue weighted by Gasteiger charge is -2.19. The van der Waals surface area contributed by atoms with Gasteiger partial charge in [-0.25, -0.2) is 0 Å². The number of hydrogen-bond donors (Lipinski definition) is 1. The first-order chi connectivity index (χ1) is 11.3. The van der Waals surface area contributed by atoms with Gasteiger partial charge in [-0.3, -0.25) is 9.78 Å². The van der Waals surface area contributed by atoms with Crippen molar-refractivity contribution >= 4 is 22.5 Å². The number of rotatable bonds is 5. The summed E-state index contributed by atoms with van der Waals surface area (Å²) < 4.78 is 0. The van der Waals surface area contributed by atoms with Crippen LogP contribution in [0.1, 0.15) is 10.4 Å². The van der Waals surface area contributed by atoms with Gasteiger partial charge in [-0.2, -0.15) is 0 Å². The molecule has 1 N–H and O–H groups in total. The highest BCUT2D eigenvalue weighted by molar-refractivity contribution is 6.05. The fourth-order valence-electron chi connectivity index (χ4n) is 2.54. The Labute approximate surface area is 135 Å². The van der Waals surface area contributed by atoms with Crippen molar-refractivity contribution in [1.29, 1.82) is 0 Å². The molecule has 1 amide bonds. The van der Waals surface area contributed by atoms with Crippen LogP contribution in [-0.4, -0.2) is 31.0 Å². The molecule has 4 nitrogen and oxygen atoms in total. The molecule has 0 radical (unpaired) electrons.